The Morgan fingerprint density at radius 3 is 2.95 bits per heavy atom. The minimum atomic E-state index is -0.174. The van der Waals surface area contributed by atoms with Gasteiger partial charge in [0.05, 0.1) is 12.1 Å². The van der Waals surface area contributed by atoms with Crippen LogP contribution in [0.1, 0.15) is 57.4 Å². The van der Waals surface area contributed by atoms with E-state index < -0.39 is 0 Å². The van der Waals surface area contributed by atoms with E-state index in [-0.39, 0.29) is 12.1 Å². The molecule has 0 radical (unpaired) electrons. The first-order chi connectivity index (χ1) is 9.13. The zero-order chi connectivity index (χ0) is 13.8. The molecular weight excluding hydrogens is 244 g/mol. The lowest BCUT2D eigenvalue weighted by Gasteiger charge is -2.20. The third-order valence-electron chi connectivity index (χ3n) is 3.33. The number of carbonyl (C=O) groups excluding carboxylic acids is 1. The molecule has 7 heteroatoms. The van der Waals surface area contributed by atoms with E-state index in [1.807, 2.05) is 18.7 Å². The lowest BCUT2D eigenvalue weighted by atomic mass is 10.3. The highest BCUT2D eigenvalue weighted by molar-refractivity contribution is 5.74. The predicted molar refractivity (Wildman–Crippen MR) is 70.6 cm³/mol. The van der Waals surface area contributed by atoms with Gasteiger partial charge in [0.25, 0.3) is 0 Å². The molecule has 1 aliphatic rings. The molecule has 1 heterocycles. The highest BCUT2D eigenvalue weighted by Crippen LogP contribution is 2.35. The summed E-state index contributed by atoms with van der Waals surface area (Å²) in [7, 11) is 1.81. The van der Waals surface area contributed by atoms with Gasteiger partial charge in [-0.25, -0.2) is 9.48 Å². The van der Waals surface area contributed by atoms with E-state index in [9.17, 15) is 4.79 Å². The second kappa shape index (κ2) is 5.99. The van der Waals surface area contributed by atoms with Crippen LogP contribution in [0.2, 0.25) is 0 Å². The van der Waals surface area contributed by atoms with Gasteiger partial charge >= 0.3 is 6.03 Å². The standard InChI is InChI=1S/C12H22N6O/c1-4-5-8-17(3)12(19)13-9(2)11-14-15-16-18(11)10-6-7-10/h9-10H,4-8H2,1-3H3,(H,13,19)/t9-/m0/s1. The number of urea groups is 1. The topological polar surface area (TPSA) is 75.9 Å². The van der Waals surface area contributed by atoms with E-state index in [1.165, 1.54) is 0 Å². The molecule has 1 N–H and O–H groups in total. The van der Waals surface area contributed by atoms with Gasteiger partial charge in [-0.15, -0.1) is 5.10 Å². The SMILES string of the molecule is CCCCN(C)C(=O)N[C@@H](C)c1nnnn1C1CC1. The Bertz CT molecular complexity index is 428. The van der Waals surface area contributed by atoms with Crippen molar-refractivity contribution in [3.05, 3.63) is 5.82 Å². The number of carbonyl (C=O) groups is 1. The van der Waals surface area contributed by atoms with Crippen LogP contribution in [0.15, 0.2) is 0 Å². The molecule has 0 spiro atoms. The van der Waals surface area contributed by atoms with Crippen LogP contribution in [-0.2, 0) is 0 Å². The molecule has 7 nitrogen and oxygen atoms in total. The van der Waals surface area contributed by atoms with Crippen molar-refractivity contribution in [3.63, 3.8) is 0 Å². The number of tetrazole rings is 1. The average Bonchev–Trinajstić information content (AvgIpc) is 3.12. The van der Waals surface area contributed by atoms with Crippen LogP contribution in [0.5, 0.6) is 0 Å². The maximum atomic E-state index is 12.0. The van der Waals surface area contributed by atoms with E-state index >= 15 is 0 Å². The molecule has 0 bridgehead atoms. The number of aromatic nitrogens is 4. The zero-order valence-electron chi connectivity index (χ0n) is 11.8. The Hall–Kier alpha value is -1.66. The van der Waals surface area contributed by atoms with E-state index in [4.69, 9.17) is 0 Å². The van der Waals surface area contributed by atoms with E-state index in [1.54, 1.807) is 4.90 Å². The van der Waals surface area contributed by atoms with Crippen LogP contribution in [0.25, 0.3) is 0 Å². The summed E-state index contributed by atoms with van der Waals surface area (Å²) >= 11 is 0. The molecule has 2 amide bonds. The van der Waals surface area contributed by atoms with Crippen LogP contribution < -0.4 is 5.32 Å². The van der Waals surface area contributed by atoms with E-state index in [2.05, 4.69) is 27.8 Å². The van der Waals surface area contributed by atoms with Crippen molar-refractivity contribution in [1.82, 2.24) is 30.4 Å². The summed E-state index contributed by atoms with van der Waals surface area (Å²) in [6.45, 7) is 4.79. The van der Waals surface area contributed by atoms with Gasteiger partial charge < -0.3 is 10.2 Å². The van der Waals surface area contributed by atoms with Crippen LogP contribution in [-0.4, -0.2) is 44.7 Å². The summed E-state index contributed by atoms with van der Waals surface area (Å²) < 4.78 is 1.83. The minimum absolute atomic E-state index is 0.0775. The van der Waals surface area contributed by atoms with Crippen LogP contribution in [0.3, 0.4) is 0 Å². The lowest BCUT2D eigenvalue weighted by Crippen LogP contribution is -2.39. The molecule has 1 fully saturated rings. The Kier molecular flexibility index (Phi) is 4.34. The molecule has 106 valence electrons. The maximum absolute atomic E-state index is 12.0. The Balaban J connectivity index is 1.90. The van der Waals surface area contributed by atoms with Crippen LogP contribution in [0, 0.1) is 0 Å². The van der Waals surface area contributed by atoms with Gasteiger partial charge in [0.1, 0.15) is 0 Å². The van der Waals surface area contributed by atoms with Gasteiger partial charge in [-0.05, 0) is 36.6 Å². The van der Waals surface area contributed by atoms with Crippen molar-refractivity contribution in [2.45, 2.75) is 51.6 Å². The molecule has 0 aliphatic heterocycles. The molecule has 1 saturated carbocycles. The smallest absolute Gasteiger partial charge is 0.317 e. The fourth-order valence-electron chi connectivity index (χ4n) is 1.92. The minimum Gasteiger partial charge on any atom is -0.328 e. The molecule has 0 saturated heterocycles. The molecule has 2 rings (SSSR count). The first-order valence-electron chi connectivity index (χ1n) is 6.92. The summed E-state index contributed by atoms with van der Waals surface area (Å²) in [5, 5.41) is 14.7. The summed E-state index contributed by atoms with van der Waals surface area (Å²) in [6, 6.07) is 0.167. The van der Waals surface area contributed by atoms with Gasteiger partial charge in [0, 0.05) is 13.6 Å². The van der Waals surface area contributed by atoms with E-state index in [0.29, 0.717) is 6.04 Å². The van der Waals surface area contributed by atoms with Gasteiger partial charge in [-0.3, -0.25) is 0 Å². The summed E-state index contributed by atoms with van der Waals surface area (Å²) in [5.41, 5.74) is 0. The van der Waals surface area contributed by atoms with Crippen molar-refractivity contribution < 1.29 is 4.79 Å². The number of hydrogen-bond acceptors (Lipinski definition) is 4. The molecule has 1 aliphatic carbocycles. The molecule has 1 aromatic rings. The average molecular weight is 266 g/mol. The normalized spacial score (nSPS) is 16.2. The number of hydrogen-bond donors (Lipinski definition) is 1. The molecule has 0 aromatic carbocycles. The third-order valence-corrected chi connectivity index (χ3v) is 3.33. The van der Waals surface area contributed by atoms with Gasteiger partial charge in [-0.1, -0.05) is 13.3 Å². The van der Waals surface area contributed by atoms with Gasteiger partial charge in [-0.2, -0.15) is 0 Å². The lowest BCUT2D eigenvalue weighted by molar-refractivity contribution is 0.204. The number of rotatable bonds is 6. The van der Waals surface area contributed by atoms with Gasteiger partial charge in [0.2, 0.25) is 0 Å². The van der Waals surface area contributed by atoms with E-state index in [0.717, 1.165) is 38.1 Å². The number of nitrogens with zero attached hydrogens (tertiary/aromatic N) is 5. The number of amides is 2. The zero-order valence-corrected chi connectivity index (χ0v) is 11.8. The second-order valence-electron chi connectivity index (χ2n) is 5.16. The first-order valence-corrected chi connectivity index (χ1v) is 6.92. The Labute approximate surface area is 113 Å². The third kappa shape index (κ3) is 3.42. The van der Waals surface area contributed by atoms with Crippen molar-refractivity contribution in [2.24, 2.45) is 0 Å². The Morgan fingerprint density at radius 1 is 1.58 bits per heavy atom. The van der Waals surface area contributed by atoms with Crippen molar-refractivity contribution in [2.75, 3.05) is 13.6 Å². The molecule has 1 atom stereocenters. The summed E-state index contributed by atoms with van der Waals surface area (Å²) in [4.78, 5) is 13.7. The molecule has 1 aromatic heterocycles. The largest absolute Gasteiger partial charge is 0.328 e. The first kappa shape index (κ1) is 13.8. The number of nitrogens with one attached hydrogen (secondary N) is 1. The van der Waals surface area contributed by atoms with Crippen molar-refractivity contribution in [1.29, 1.82) is 0 Å². The molecule has 0 unspecified atom stereocenters. The summed E-state index contributed by atoms with van der Waals surface area (Å²) in [5.74, 6) is 0.736. The quantitative estimate of drug-likeness (QED) is 0.846. The maximum Gasteiger partial charge on any atom is 0.317 e. The van der Waals surface area contributed by atoms with Crippen molar-refractivity contribution in [3.8, 4) is 0 Å². The van der Waals surface area contributed by atoms with Gasteiger partial charge in [0.15, 0.2) is 5.82 Å². The van der Waals surface area contributed by atoms with Crippen LogP contribution >= 0.6 is 0 Å². The molecule has 19 heavy (non-hydrogen) atoms. The second-order valence-corrected chi connectivity index (χ2v) is 5.16. The monoisotopic (exact) mass is 266 g/mol. The highest BCUT2D eigenvalue weighted by atomic mass is 16.2. The number of unbranched alkanes of at least 4 members (excludes halogenated alkanes) is 1. The predicted octanol–water partition coefficient (Wildman–Crippen LogP) is 1.51. The fourth-order valence-corrected chi connectivity index (χ4v) is 1.92. The molecular formula is C12H22N6O. The summed E-state index contributed by atoms with van der Waals surface area (Å²) in [6.07, 6.45) is 4.33. The van der Waals surface area contributed by atoms with Crippen LogP contribution in [0.4, 0.5) is 4.79 Å². The van der Waals surface area contributed by atoms with Crippen molar-refractivity contribution >= 4 is 6.03 Å². The fraction of sp³-hybridized carbons (Fsp3) is 0.833. The Morgan fingerprint density at radius 2 is 2.32 bits per heavy atom. The highest BCUT2D eigenvalue weighted by Gasteiger charge is 2.30.